The number of nitrogens with zero attached hydrogens (tertiary/aromatic N) is 3. The van der Waals surface area contributed by atoms with E-state index in [9.17, 15) is 0 Å². The second-order valence-corrected chi connectivity index (χ2v) is 13.1. The third kappa shape index (κ3) is 4.17. The summed E-state index contributed by atoms with van der Waals surface area (Å²) in [5.74, 6) is 1.92. The van der Waals surface area contributed by atoms with Gasteiger partial charge in [0.1, 0.15) is 11.2 Å². The first-order chi connectivity index (χ1) is 25.3. The van der Waals surface area contributed by atoms with E-state index in [1.807, 2.05) is 60.7 Å². The van der Waals surface area contributed by atoms with Crippen LogP contribution in [0, 0.1) is 0 Å². The molecule has 0 aliphatic heterocycles. The van der Waals surface area contributed by atoms with Gasteiger partial charge in [0, 0.05) is 33.0 Å². The monoisotopic (exact) mass is 649 g/mol. The highest BCUT2D eigenvalue weighted by Crippen LogP contribution is 2.51. The lowest BCUT2D eigenvalue weighted by Gasteiger charge is -2.14. The number of rotatable bonds is 4. The summed E-state index contributed by atoms with van der Waals surface area (Å²) < 4.78 is 6.87. The smallest absolute Gasteiger partial charge is 0.164 e. The molecule has 0 bridgehead atoms. The topological polar surface area (TPSA) is 51.8 Å². The van der Waals surface area contributed by atoms with E-state index in [0.717, 1.165) is 55.1 Å². The zero-order valence-corrected chi connectivity index (χ0v) is 27.3. The van der Waals surface area contributed by atoms with Gasteiger partial charge < -0.3 is 4.42 Å². The molecule has 0 N–H and O–H groups in total. The maximum atomic E-state index is 6.87. The lowest BCUT2D eigenvalue weighted by atomic mass is 9.90. The Morgan fingerprint density at radius 2 is 0.804 bits per heavy atom. The van der Waals surface area contributed by atoms with Crippen LogP contribution in [-0.2, 0) is 0 Å². The maximum absolute atomic E-state index is 6.87. The minimum atomic E-state index is 0.635. The van der Waals surface area contributed by atoms with Gasteiger partial charge in [0.15, 0.2) is 17.5 Å². The fourth-order valence-electron chi connectivity index (χ4n) is 8.03. The summed E-state index contributed by atoms with van der Waals surface area (Å²) in [5, 5.41) is 7.03. The van der Waals surface area contributed by atoms with Crippen molar-refractivity contribution in [3.63, 3.8) is 0 Å². The Hall–Kier alpha value is -6.91. The highest BCUT2D eigenvalue weighted by Gasteiger charge is 2.26. The summed E-state index contributed by atoms with van der Waals surface area (Å²) in [5.41, 5.74) is 11.7. The molecule has 4 nitrogen and oxygen atoms in total. The van der Waals surface area contributed by atoms with Crippen molar-refractivity contribution in [3.8, 4) is 67.5 Å². The van der Waals surface area contributed by atoms with Gasteiger partial charge in [-0.2, -0.15) is 0 Å². The van der Waals surface area contributed by atoms with Crippen LogP contribution in [0.4, 0.5) is 0 Å². The zero-order valence-electron chi connectivity index (χ0n) is 27.3. The lowest BCUT2D eigenvalue weighted by molar-refractivity contribution is 0.670. The first-order valence-electron chi connectivity index (χ1n) is 17.2. The lowest BCUT2D eigenvalue weighted by Crippen LogP contribution is -2.00. The van der Waals surface area contributed by atoms with Crippen molar-refractivity contribution >= 4 is 43.5 Å². The minimum absolute atomic E-state index is 0.635. The quantitative estimate of drug-likeness (QED) is 0.190. The van der Waals surface area contributed by atoms with E-state index >= 15 is 0 Å². The molecule has 0 radical (unpaired) electrons. The average molecular weight is 650 g/mol. The van der Waals surface area contributed by atoms with E-state index in [0.29, 0.717) is 17.5 Å². The summed E-state index contributed by atoms with van der Waals surface area (Å²) >= 11 is 0. The predicted molar refractivity (Wildman–Crippen MR) is 208 cm³/mol. The van der Waals surface area contributed by atoms with Crippen LogP contribution >= 0.6 is 0 Å². The van der Waals surface area contributed by atoms with Crippen molar-refractivity contribution in [1.82, 2.24) is 15.0 Å². The van der Waals surface area contributed by atoms with Gasteiger partial charge in [-0.1, -0.05) is 146 Å². The van der Waals surface area contributed by atoms with E-state index < -0.39 is 0 Å². The third-order valence-corrected chi connectivity index (χ3v) is 10.3. The molecule has 11 rings (SSSR count). The minimum Gasteiger partial charge on any atom is -0.455 e. The fourth-order valence-corrected chi connectivity index (χ4v) is 8.03. The molecule has 0 saturated carbocycles. The third-order valence-electron chi connectivity index (χ3n) is 10.3. The maximum Gasteiger partial charge on any atom is 0.164 e. The van der Waals surface area contributed by atoms with E-state index in [1.54, 1.807) is 0 Å². The molecule has 0 amide bonds. The van der Waals surface area contributed by atoms with Gasteiger partial charge in [0.2, 0.25) is 0 Å². The van der Waals surface area contributed by atoms with Crippen molar-refractivity contribution in [2.75, 3.05) is 0 Å². The highest BCUT2D eigenvalue weighted by molar-refractivity contribution is 6.27. The summed E-state index contributed by atoms with van der Waals surface area (Å²) in [6.45, 7) is 0. The first-order valence-corrected chi connectivity index (χ1v) is 17.2. The van der Waals surface area contributed by atoms with Gasteiger partial charge >= 0.3 is 0 Å². The van der Waals surface area contributed by atoms with Gasteiger partial charge in [-0.15, -0.1) is 0 Å². The molecule has 0 spiro atoms. The van der Waals surface area contributed by atoms with Crippen LogP contribution in [-0.4, -0.2) is 15.0 Å². The number of aromatic nitrogens is 3. The van der Waals surface area contributed by atoms with Gasteiger partial charge in [-0.05, 0) is 67.6 Å². The average Bonchev–Trinajstić information content (AvgIpc) is 3.55. The number of furan rings is 1. The molecule has 4 heteroatoms. The number of benzene rings is 8. The van der Waals surface area contributed by atoms with E-state index in [-0.39, 0.29) is 0 Å². The normalized spacial score (nSPS) is 11.9. The van der Waals surface area contributed by atoms with Crippen LogP contribution < -0.4 is 0 Å². The van der Waals surface area contributed by atoms with Crippen LogP contribution in [0.3, 0.4) is 0 Å². The summed E-state index contributed by atoms with van der Waals surface area (Å²) in [4.78, 5) is 15.1. The summed E-state index contributed by atoms with van der Waals surface area (Å²) in [6.07, 6.45) is 0. The first kappa shape index (κ1) is 28.0. The summed E-state index contributed by atoms with van der Waals surface area (Å²) in [7, 11) is 0. The van der Waals surface area contributed by atoms with Crippen molar-refractivity contribution in [1.29, 1.82) is 0 Å². The standard InChI is InChI=1S/C47H27N3O/c1-3-12-29(13-4-1)45-48-46(30-14-5-2-6-15-30)50-47(49-45)39-27-24-33(31-18-7-8-19-32(31)39)38-26-25-37-35-21-10-17-28-16-9-20-34(41(28)35)36-22-11-23-40-42(36)43(37)44(38)51-40/h1-27H. The Balaban J connectivity index is 1.16. The van der Waals surface area contributed by atoms with E-state index in [1.165, 1.54) is 38.4 Å². The van der Waals surface area contributed by atoms with Crippen LogP contribution in [0.2, 0.25) is 0 Å². The van der Waals surface area contributed by atoms with Crippen LogP contribution in [0.25, 0.3) is 111 Å². The summed E-state index contributed by atoms with van der Waals surface area (Å²) in [6, 6.07) is 57.3. The highest BCUT2D eigenvalue weighted by atomic mass is 16.3. The van der Waals surface area contributed by atoms with E-state index in [2.05, 4.69) is 103 Å². The number of hydrogen-bond acceptors (Lipinski definition) is 4. The van der Waals surface area contributed by atoms with Crippen molar-refractivity contribution < 1.29 is 4.42 Å². The number of hydrogen-bond donors (Lipinski definition) is 0. The molecule has 236 valence electrons. The van der Waals surface area contributed by atoms with Gasteiger partial charge in [0.05, 0.1) is 0 Å². The molecule has 0 saturated heterocycles. The van der Waals surface area contributed by atoms with Gasteiger partial charge in [0.25, 0.3) is 0 Å². The van der Waals surface area contributed by atoms with Crippen molar-refractivity contribution in [3.05, 3.63) is 164 Å². The Bertz CT molecular complexity index is 2960. The molecule has 1 aliphatic rings. The molecule has 2 heterocycles. The molecule has 0 fully saturated rings. The Morgan fingerprint density at radius 1 is 0.314 bits per heavy atom. The molecule has 51 heavy (non-hydrogen) atoms. The molecule has 0 atom stereocenters. The molecule has 2 aromatic heterocycles. The Labute approximate surface area is 293 Å². The molecule has 10 aromatic rings. The second-order valence-electron chi connectivity index (χ2n) is 13.1. The molecule has 0 unspecified atom stereocenters. The Morgan fingerprint density at radius 3 is 1.47 bits per heavy atom. The number of fused-ring (bicyclic) bond motifs is 3. The SMILES string of the molecule is c1ccc(-c2nc(-c3ccccc3)nc(-c3ccc(-c4ccc5c6c4oc4cccc(c46)-c4cccc6cccc-5c46)c4ccccc34)n2)cc1. The molecule has 1 aliphatic carbocycles. The zero-order chi connectivity index (χ0) is 33.5. The largest absolute Gasteiger partial charge is 0.455 e. The van der Waals surface area contributed by atoms with Gasteiger partial charge in [-0.25, -0.2) is 15.0 Å². The predicted octanol–water partition coefficient (Wildman–Crippen LogP) is 12.4. The fraction of sp³-hybridized carbons (Fsp3) is 0. The molecule has 8 aromatic carbocycles. The van der Waals surface area contributed by atoms with Crippen molar-refractivity contribution in [2.45, 2.75) is 0 Å². The van der Waals surface area contributed by atoms with E-state index in [4.69, 9.17) is 19.4 Å². The van der Waals surface area contributed by atoms with Crippen LogP contribution in [0.1, 0.15) is 0 Å². The van der Waals surface area contributed by atoms with Crippen LogP contribution in [0.5, 0.6) is 0 Å². The second kappa shape index (κ2) is 10.8. The van der Waals surface area contributed by atoms with Crippen LogP contribution in [0.15, 0.2) is 168 Å². The Kier molecular flexibility index (Phi) is 5.92. The van der Waals surface area contributed by atoms with Gasteiger partial charge in [-0.3, -0.25) is 0 Å². The van der Waals surface area contributed by atoms with Crippen molar-refractivity contribution in [2.24, 2.45) is 0 Å². The molecular weight excluding hydrogens is 623 g/mol. The molecular formula is C47H27N3O.